The van der Waals surface area contributed by atoms with Gasteiger partial charge in [-0.05, 0) is 12.8 Å². The number of hydrogen-bond donors (Lipinski definition) is 3. The molecule has 3 N–H and O–H groups in total. The molecule has 1 heterocycles. The minimum atomic E-state index is 0.00159. The Morgan fingerprint density at radius 2 is 1.82 bits per heavy atom. The average molecular weight is 237 g/mol. The number of aromatic hydroxyl groups is 2. The largest absolute Gasteiger partial charge is 0.494 e. The Balaban J connectivity index is 2.12. The molecule has 0 atom stereocenters. The van der Waals surface area contributed by atoms with E-state index in [0.29, 0.717) is 5.56 Å². The van der Waals surface area contributed by atoms with E-state index >= 15 is 0 Å². The van der Waals surface area contributed by atoms with Crippen LogP contribution in [0.1, 0.15) is 57.4 Å². The van der Waals surface area contributed by atoms with Gasteiger partial charge in [-0.15, -0.1) is 0 Å². The normalized spacial score (nSPS) is 11.4. The monoisotopic (exact) mass is 237 g/mol. The lowest BCUT2D eigenvalue weighted by Gasteiger charge is -1.97. The molecule has 96 valence electrons. The second kappa shape index (κ2) is 7.82. The molecule has 0 unspecified atom stereocenters. The highest BCUT2D eigenvalue weighted by Crippen LogP contribution is 2.22. The van der Waals surface area contributed by atoms with Crippen molar-refractivity contribution in [1.82, 2.24) is 4.98 Å². The van der Waals surface area contributed by atoms with Crippen molar-refractivity contribution in [3.63, 3.8) is 0 Å². The lowest BCUT2D eigenvalue weighted by Crippen LogP contribution is -1.77. The van der Waals surface area contributed by atoms with Crippen molar-refractivity contribution in [3.8, 4) is 11.8 Å². The van der Waals surface area contributed by atoms with Crippen LogP contribution in [-0.2, 0) is 0 Å². The third-order valence-electron chi connectivity index (χ3n) is 2.83. The minimum absolute atomic E-state index is 0.00159. The molecule has 17 heavy (non-hydrogen) atoms. The molecule has 0 fully saturated rings. The molecule has 0 saturated heterocycles. The van der Waals surface area contributed by atoms with E-state index in [0.717, 1.165) is 6.42 Å². The molecule has 0 amide bonds. The molecule has 0 bridgehead atoms. The van der Waals surface area contributed by atoms with Gasteiger partial charge in [-0.1, -0.05) is 51.2 Å². The zero-order chi connectivity index (χ0) is 12.5. The van der Waals surface area contributed by atoms with Crippen LogP contribution in [0.25, 0.3) is 6.08 Å². The number of H-pyrrole nitrogens is 1. The van der Waals surface area contributed by atoms with Crippen molar-refractivity contribution < 1.29 is 10.2 Å². The first-order valence-electron chi connectivity index (χ1n) is 6.51. The van der Waals surface area contributed by atoms with E-state index in [1.807, 2.05) is 12.2 Å². The molecule has 3 heteroatoms. The topological polar surface area (TPSA) is 56.2 Å². The summed E-state index contributed by atoms with van der Waals surface area (Å²) in [5.74, 6) is 0.0309. The van der Waals surface area contributed by atoms with Crippen LogP contribution in [0, 0.1) is 0 Å². The van der Waals surface area contributed by atoms with Crippen LogP contribution in [0.2, 0.25) is 0 Å². The van der Waals surface area contributed by atoms with E-state index in [4.69, 9.17) is 5.11 Å². The number of nitrogens with one attached hydrogen (secondary N) is 1. The lowest BCUT2D eigenvalue weighted by atomic mass is 10.1. The SMILES string of the molecule is CCCCCCCC/C=C/c1cc(O)[nH]c1O. The summed E-state index contributed by atoms with van der Waals surface area (Å²) >= 11 is 0. The molecular formula is C14H23NO2. The maximum atomic E-state index is 9.36. The van der Waals surface area contributed by atoms with E-state index in [1.54, 1.807) is 0 Å². The smallest absolute Gasteiger partial charge is 0.198 e. The van der Waals surface area contributed by atoms with Crippen LogP contribution in [0.5, 0.6) is 11.8 Å². The van der Waals surface area contributed by atoms with Crippen LogP contribution in [0.3, 0.4) is 0 Å². The molecule has 0 aromatic carbocycles. The lowest BCUT2D eigenvalue weighted by molar-refractivity contribution is 0.425. The Labute approximate surface area is 103 Å². The number of rotatable bonds is 8. The minimum Gasteiger partial charge on any atom is -0.494 e. The Morgan fingerprint density at radius 1 is 1.12 bits per heavy atom. The number of allylic oxidation sites excluding steroid dienone is 1. The maximum Gasteiger partial charge on any atom is 0.198 e. The summed E-state index contributed by atoms with van der Waals surface area (Å²) in [5.41, 5.74) is 0.647. The zero-order valence-corrected chi connectivity index (χ0v) is 10.6. The highest BCUT2D eigenvalue weighted by molar-refractivity contribution is 5.56. The van der Waals surface area contributed by atoms with Crippen molar-refractivity contribution in [3.05, 3.63) is 17.7 Å². The van der Waals surface area contributed by atoms with Crippen molar-refractivity contribution in [1.29, 1.82) is 0 Å². The average Bonchev–Trinajstić information content (AvgIpc) is 2.61. The third kappa shape index (κ3) is 5.48. The third-order valence-corrected chi connectivity index (χ3v) is 2.83. The summed E-state index contributed by atoms with van der Waals surface area (Å²) in [4.78, 5) is 2.44. The molecule has 0 aliphatic carbocycles. The van der Waals surface area contributed by atoms with Crippen LogP contribution in [0.15, 0.2) is 12.1 Å². The summed E-state index contributed by atoms with van der Waals surface area (Å²) in [5, 5.41) is 18.5. The van der Waals surface area contributed by atoms with Crippen LogP contribution >= 0.6 is 0 Å². The van der Waals surface area contributed by atoms with E-state index in [9.17, 15) is 5.11 Å². The number of aromatic amines is 1. The van der Waals surface area contributed by atoms with Crippen molar-refractivity contribution >= 4 is 6.08 Å². The highest BCUT2D eigenvalue weighted by Gasteiger charge is 2.01. The van der Waals surface area contributed by atoms with Gasteiger partial charge in [0.15, 0.2) is 11.8 Å². The zero-order valence-electron chi connectivity index (χ0n) is 10.6. The first-order chi connectivity index (χ1) is 8.24. The van der Waals surface area contributed by atoms with E-state index in [-0.39, 0.29) is 11.8 Å². The van der Waals surface area contributed by atoms with Gasteiger partial charge in [-0.2, -0.15) is 0 Å². The summed E-state index contributed by atoms with van der Waals surface area (Å²) in [6.07, 6.45) is 12.7. The summed E-state index contributed by atoms with van der Waals surface area (Å²) in [6, 6.07) is 1.52. The van der Waals surface area contributed by atoms with Gasteiger partial charge in [0.05, 0.1) is 0 Å². The first kappa shape index (κ1) is 13.7. The summed E-state index contributed by atoms with van der Waals surface area (Å²) in [7, 11) is 0. The molecule has 1 aromatic heterocycles. The Bertz CT molecular complexity index is 342. The fourth-order valence-electron chi connectivity index (χ4n) is 1.83. The maximum absolute atomic E-state index is 9.36. The molecule has 1 aromatic rings. The molecular weight excluding hydrogens is 214 g/mol. The summed E-state index contributed by atoms with van der Waals surface area (Å²) < 4.78 is 0. The van der Waals surface area contributed by atoms with E-state index in [1.165, 1.54) is 44.6 Å². The fourth-order valence-corrected chi connectivity index (χ4v) is 1.83. The van der Waals surface area contributed by atoms with Gasteiger partial charge in [0, 0.05) is 11.6 Å². The number of aromatic nitrogens is 1. The molecule has 3 nitrogen and oxygen atoms in total. The highest BCUT2D eigenvalue weighted by atomic mass is 16.3. The van der Waals surface area contributed by atoms with Crippen LogP contribution < -0.4 is 0 Å². The number of unbranched alkanes of at least 4 members (excludes halogenated alkanes) is 6. The van der Waals surface area contributed by atoms with Crippen molar-refractivity contribution in [2.24, 2.45) is 0 Å². The standard InChI is InChI=1S/C14H23NO2/c1-2-3-4-5-6-7-8-9-10-12-11-13(16)15-14(12)17/h9-11,15-17H,2-8H2,1H3/b10-9+. The second-order valence-corrected chi connectivity index (χ2v) is 4.42. The predicted molar refractivity (Wildman–Crippen MR) is 71.1 cm³/mol. The molecule has 0 spiro atoms. The molecule has 0 saturated carbocycles. The Hall–Kier alpha value is -1.38. The van der Waals surface area contributed by atoms with Gasteiger partial charge < -0.3 is 10.2 Å². The van der Waals surface area contributed by atoms with Crippen molar-refractivity contribution in [2.75, 3.05) is 0 Å². The quantitative estimate of drug-likeness (QED) is 0.594. The van der Waals surface area contributed by atoms with Crippen LogP contribution in [0.4, 0.5) is 0 Å². The van der Waals surface area contributed by atoms with Crippen LogP contribution in [-0.4, -0.2) is 15.2 Å². The van der Waals surface area contributed by atoms with E-state index in [2.05, 4.69) is 11.9 Å². The van der Waals surface area contributed by atoms with Gasteiger partial charge in [0.2, 0.25) is 0 Å². The molecule has 0 radical (unpaired) electrons. The number of hydrogen-bond acceptors (Lipinski definition) is 2. The van der Waals surface area contributed by atoms with Gasteiger partial charge in [0.1, 0.15) is 0 Å². The first-order valence-corrected chi connectivity index (χ1v) is 6.51. The molecule has 0 aliphatic heterocycles. The van der Waals surface area contributed by atoms with Gasteiger partial charge in [-0.25, -0.2) is 0 Å². The van der Waals surface area contributed by atoms with Gasteiger partial charge in [0.25, 0.3) is 0 Å². The molecule has 1 rings (SSSR count). The Morgan fingerprint density at radius 3 is 2.47 bits per heavy atom. The van der Waals surface area contributed by atoms with Crippen molar-refractivity contribution in [2.45, 2.75) is 51.9 Å². The predicted octanol–water partition coefficient (Wildman–Crippen LogP) is 4.19. The van der Waals surface area contributed by atoms with E-state index < -0.39 is 0 Å². The summed E-state index contributed by atoms with van der Waals surface area (Å²) in [6.45, 7) is 2.22. The fraction of sp³-hybridized carbons (Fsp3) is 0.571. The second-order valence-electron chi connectivity index (χ2n) is 4.42. The molecule has 0 aliphatic rings. The van der Waals surface area contributed by atoms with Gasteiger partial charge in [-0.3, -0.25) is 4.98 Å². The van der Waals surface area contributed by atoms with Gasteiger partial charge >= 0.3 is 0 Å². The Kier molecular flexibility index (Phi) is 6.30.